The van der Waals surface area contributed by atoms with Crippen LogP contribution in [0.25, 0.3) is 22.3 Å². The molecule has 0 aliphatic rings. The molecule has 0 saturated carbocycles. The van der Waals surface area contributed by atoms with E-state index in [0.717, 1.165) is 5.56 Å². The van der Waals surface area contributed by atoms with E-state index >= 15 is 0 Å². The smallest absolute Gasteiger partial charge is 0.235 e. The number of fused-ring (bicyclic) bond motifs is 1. The van der Waals surface area contributed by atoms with E-state index in [1.807, 2.05) is 13.0 Å². The molecule has 0 spiro atoms. The van der Waals surface area contributed by atoms with Gasteiger partial charge in [-0.05, 0) is 37.3 Å². The van der Waals surface area contributed by atoms with E-state index in [1.165, 1.54) is 25.3 Å². The lowest BCUT2D eigenvalue weighted by Gasteiger charge is -2.09. The molecule has 3 aromatic rings. The van der Waals surface area contributed by atoms with Gasteiger partial charge >= 0.3 is 0 Å². The Morgan fingerprint density at radius 1 is 1.18 bits per heavy atom. The van der Waals surface area contributed by atoms with Gasteiger partial charge in [0.15, 0.2) is 5.76 Å². The summed E-state index contributed by atoms with van der Waals surface area (Å²) in [6.07, 6.45) is 0. The van der Waals surface area contributed by atoms with Crippen molar-refractivity contribution in [3.05, 3.63) is 63.0 Å². The molecule has 3 nitrogen and oxygen atoms in total. The van der Waals surface area contributed by atoms with E-state index in [4.69, 9.17) is 20.8 Å². The number of methoxy groups -OCH3 is 1. The molecule has 0 amide bonds. The van der Waals surface area contributed by atoms with Crippen LogP contribution in [-0.2, 0) is 0 Å². The van der Waals surface area contributed by atoms with E-state index in [1.54, 1.807) is 12.1 Å². The summed E-state index contributed by atoms with van der Waals surface area (Å²) >= 11 is 5.80. The first-order chi connectivity index (χ1) is 10.5. The lowest BCUT2D eigenvalue weighted by molar-refractivity contribution is 0.398. The van der Waals surface area contributed by atoms with Gasteiger partial charge in [-0.25, -0.2) is 4.39 Å². The van der Waals surface area contributed by atoms with Gasteiger partial charge in [-0.3, -0.25) is 4.79 Å². The van der Waals surface area contributed by atoms with Crippen LogP contribution in [0.15, 0.2) is 45.6 Å². The molecule has 5 heteroatoms. The number of benzene rings is 2. The van der Waals surface area contributed by atoms with Crippen LogP contribution in [0.1, 0.15) is 5.56 Å². The maximum atomic E-state index is 13.3. The molecule has 0 unspecified atom stereocenters. The van der Waals surface area contributed by atoms with Crippen LogP contribution >= 0.6 is 11.6 Å². The molecule has 0 fully saturated rings. The third-order valence-electron chi connectivity index (χ3n) is 3.39. The average molecular weight is 319 g/mol. The van der Waals surface area contributed by atoms with Gasteiger partial charge in [0.25, 0.3) is 0 Å². The molecule has 3 rings (SSSR count). The molecular weight excluding hydrogens is 307 g/mol. The maximum absolute atomic E-state index is 13.3. The minimum absolute atomic E-state index is 0.0498. The zero-order valence-corrected chi connectivity index (χ0v) is 12.7. The molecule has 1 aromatic heterocycles. The van der Waals surface area contributed by atoms with Gasteiger partial charge in [-0.1, -0.05) is 23.2 Å². The first-order valence-electron chi connectivity index (χ1n) is 6.58. The lowest BCUT2D eigenvalue weighted by atomic mass is 10.1. The van der Waals surface area contributed by atoms with Crippen LogP contribution < -0.4 is 10.2 Å². The predicted octanol–water partition coefficient (Wildman–Crippen LogP) is 4.57. The number of hydrogen-bond donors (Lipinski definition) is 0. The Kier molecular flexibility index (Phi) is 3.62. The summed E-state index contributed by atoms with van der Waals surface area (Å²) in [5.41, 5.74) is 1.58. The Bertz CT molecular complexity index is 931. The molecule has 0 bridgehead atoms. The molecule has 22 heavy (non-hydrogen) atoms. The van der Waals surface area contributed by atoms with E-state index < -0.39 is 5.82 Å². The van der Waals surface area contributed by atoms with E-state index in [2.05, 4.69) is 0 Å². The summed E-state index contributed by atoms with van der Waals surface area (Å²) < 4.78 is 24.3. The first kappa shape index (κ1) is 14.6. The fraction of sp³-hybridized carbons (Fsp3) is 0.118. The van der Waals surface area contributed by atoms with E-state index in [0.29, 0.717) is 16.5 Å². The fourth-order valence-electron chi connectivity index (χ4n) is 2.30. The van der Waals surface area contributed by atoms with Crippen LogP contribution in [0.2, 0.25) is 5.02 Å². The molecule has 0 atom stereocenters. The third-order valence-corrected chi connectivity index (χ3v) is 3.68. The zero-order chi connectivity index (χ0) is 15.9. The molecule has 0 radical (unpaired) electrons. The Labute approximate surface area is 130 Å². The van der Waals surface area contributed by atoms with Crippen molar-refractivity contribution in [2.45, 2.75) is 6.92 Å². The van der Waals surface area contributed by atoms with Crippen molar-refractivity contribution in [2.75, 3.05) is 7.11 Å². The van der Waals surface area contributed by atoms with Crippen molar-refractivity contribution < 1.29 is 13.5 Å². The lowest BCUT2D eigenvalue weighted by Crippen LogP contribution is -2.07. The average Bonchev–Trinajstić information content (AvgIpc) is 2.50. The standard InChI is InChI=1S/C17H12ClFO3/c1-9-3-6-14-11(7-9)15(20)17(21-2)16(22-14)10-4-5-13(19)12(18)8-10/h3-8H,1-2H3. The summed E-state index contributed by atoms with van der Waals surface area (Å²) in [5, 5.41) is 0.389. The quantitative estimate of drug-likeness (QED) is 0.695. The van der Waals surface area contributed by atoms with Crippen LogP contribution in [0.3, 0.4) is 0 Å². The Hall–Kier alpha value is -2.33. The largest absolute Gasteiger partial charge is 0.490 e. The molecular formula is C17H12ClFO3. The third kappa shape index (κ3) is 2.35. The highest BCUT2D eigenvalue weighted by Crippen LogP contribution is 2.32. The van der Waals surface area contributed by atoms with Gasteiger partial charge in [-0.15, -0.1) is 0 Å². The fourth-order valence-corrected chi connectivity index (χ4v) is 2.49. The number of rotatable bonds is 2. The van der Waals surface area contributed by atoms with Gasteiger partial charge < -0.3 is 9.15 Å². The summed E-state index contributed by atoms with van der Waals surface area (Å²) in [7, 11) is 1.39. The van der Waals surface area contributed by atoms with Crippen LogP contribution in [0.4, 0.5) is 4.39 Å². The summed E-state index contributed by atoms with van der Waals surface area (Å²) in [6, 6.07) is 9.42. The van der Waals surface area contributed by atoms with Crippen molar-refractivity contribution in [3.8, 4) is 17.1 Å². The topological polar surface area (TPSA) is 39.4 Å². The van der Waals surface area contributed by atoms with E-state index in [9.17, 15) is 9.18 Å². The van der Waals surface area contributed by atoms with Crippen molar-refractivity contribution in [2.24, 2.45) is 0 Å². The molecule has 1 heterocycles. The minimum atomic E-state index is -0.539. The number of hydrogen-bond acceptors (Lipinski definition) is 3. The van der Waals surface area contributed by atoms with Gasteiger partial charge in [0, 0.05) is 5.56 Å². The molecule has 0 N–H and O–H groups in total. The van der Waals surface area contributed by atoms with Crippen LogP contribution in [-0.4, -0.2) is 7.11 Å². The normalized spacial score (nSPS) is 10.9. The minimum Gasteiger partial charge on any atom is -0.490 e. The Morgan fingerprint density at radius 3 is 2.64 bits per heavy atom. The van der Waals surface area contributed by atoms with Gasteiger partial charge in [0.1, 0.15) is 11.4 Å². The molecule has 0 aliphatic carbocycles. The summed E-state index contributed by atoms with van der Waals surface area (Å²) in [4.78, 5) is 12.6. The van der Waals surface area contributed by atoms with Gasteiger partial charge in [0.05, 0.1) is 17.5 Å². The van der Waals surface area contributed by atoms with E-state index in [-0.39, 0.29) is 22.0 Å². The molecule has 0 saturated heterocycles. The maximum Gasteiger partial charge on any atom is 0.235 e. The Morgan fingerprint density at radius 2 is 1.95 bits per heavy atom. The van der Waals surface area contributed by atoms with Crippen molar-refractivity contribution in [3.63, 3.8) is 0 Å². The van der Waals surface area contributed by atoms with Crippen molar-refractivity contribution in [1.82, 2.24) is 0 Å². The van der Waals surface area contributed by atoms with Gasteiger partial charge in [-0.2, -0.15) is 0 Å². The second-order valence-electron chi connectivity index (χ2n) is 4.92. The van der Waals surface area contributed by atoms with Crippen LogP contribution in [0.5, 0.6) is 5.75 Å². The molecule has 112 valence electrons. The Balaban J connectivity index is 2.35. The number of halogens is 2. The predicted molar refractivity (Wildman–Crippen MR) is 84.2 cm³/mol. The SMILES string of the molecule is COc1c(-c2ccc(F)c(Cl)c2)oc2ccc(C)cc2c1=O. The van der Waals surface area contributed by atoms with Gasteiger partial charge in [0.2, 0.25) is 11.2 Å². The second kappa shape index (κ2) is 5.46. The van der Waals surface area contributed by atoms with Crippen molar-refractivity contribution in [1.29, 1.82) is 0 Å². The highest BCUT2D eigenvalue weighted by Gasteiger charge is 2.17. The second-order valence-corrected chi connectivity index (χ2v) is 5.33. The number of ether oxygens (including phenoxy) is 1. The monoisotopic (exact) mass is 318 g/mol. The first-order valence-corrected chi connectivity index (χ1v) is 6.96. The highest BCUT2D eigenvalue weighted by molar-refractivity contribution is 6.31. The highest BCUT2D eigenvalue weighted by atomic mass is 35.5. The molecule has 0 aliphatic heterocycles. The van der Waals surface area contributed by atoms with Crippen LogP contribution in [0, 0.1) is 12.7 Å². The summed E-state index contributed by atoms with van der Waals surface area (Å²) in [6.45, 7) is 1.89. The van der Waals surface area contributed by atoms with Crippen molar-refractivity contribution >= 4 is 22.6 Å². The number of aryl methyl sites for hydroxylation is 1. The summed E-state index contributed by atoms with van der Waals surface area (Å²) in [5.74, 6) is -0.241. The zero-order valence-electron chi connectivity index (χ0n) is 11.9. The molecule has 2 aromatic carbocycles.